The van der Waals surface area contributed by atoms with Gasteiger partial charge in [0.1, 0.15) is 18.0 Å². The fraction of sp³-hybridized carbons (Fsp3) is 0.333. The maximum atomic E-state index is 13.7. The summed E-state index contributed by atoms with van der Waals surface area (Å²) in [5.74, 6) is 0.242. The molecule has 0 aliphatic heterocycles. The minimum atomic E-state index is -4.78. The van der Waals surface area contributed by atoms with Gasteiger partial charge in [0.15, 0.2) is 5.69 Å². The van der Waals surface area contributed by atoms with E-state index in [2.05, 4.69) is 5.10 Å². The fourth-order valence-corrected chi connectivity index (χ4v) is 4.44. The van der Waals surface area contributed by atoms with E-state index in [4.69, 9.17) is 26.8 Å². The number of carbonyl (C=O) groups excluding carboxylic acids is 1. The molecule has 0 radical (unpaired) electrons. The van der Waals surface area contributed by atoms with E-state index in [1.54, 1.807) is 39.0 Å². The van der Waals surface area contributed by atoms with Gasteiger partial charge in [0, 0.05) is 31.1 Å². The van der Waals surface area contributed by atoms with Crippen molar-refractivity contribution in [1.29, 1.82) is 0 Å². The monoisotopic (exact) mass is 604 g/mol. The molecule has 1 heterocycles. The Morgan fingerprint density at radius 3 is 2.45 bits per heavy atom. The average Bonchev–Trinajstić information content (AvgIpc) is 3.29. The van der Waals surface area contributed by atoms with E-state index in [9.17, 15) is 23.1 Å². The second-order valence-electron chi connectivity index (χ2n) is 10.8. The lowest BCUT2D eigenvalue weighted by atomic mass is 10.1. The molecule has 0 fully saturated rings. The first-order chi connectivity index (χ1) is 19.7. The molecule has 0 saturated carbocycles. The summed E-state index contributed by atoms with van der Waals surface area (Å²) >= 11 is 6.02. The van der Waals surface area contributed by atoms with Crippen LogP contribution < -0.4 is 10.5 Å². The first-order valence-electron chi connectivity index (χ1n) is 13.2. The molecule has 0 aliphatic rings. The Bertz CT molecular complexity index is 1540. The number of benzene rings is 3. The summed E-state index contributed by atoms with van der Waals surface area (Å²) in [6.07, 6.45) is -6.68. The van der Waals surface area contributed by atoms with Crippen LogP contribution in [-0.2, 0) is 17.5 Å². The highest BCUT2D eigenvalue weighted by Crippen LogP contribution is 2.35. The number of aliphatic hydroxyl groups is 1. The third-order valence-corrected chi connectivity index (χ3v) is 6.59. The summed E-state index contributed by atoms with van der Waals surface area (Å²) in [5, 5.41) is 14.6. The van der Waals surface area contributed by atoms with E-state index in [1.807, 2.05) is 35.2 Å². The SMILES string of the molecule is CC(C)(C)OC(=O)n1nc(C(F)(F)F)c2ccc(OCCN(Cc3ccccc3)C[C@H](O)c3ccc(Cl)c(N)c3)cc21. The number of hydrogen-bond donors (Lipinski definition) is 2. The largest absolute Gasteiger partial charge is 0.492 e. The zero-order valence-electron chi connectivity index (χ0n) is 23.4. The van der Waals surface area contributed by atoms with Crippen LogP contribution in [-0.4, -0.2) is 51.2 Å². The minimum Gasteiger partial charge on any atom is -0.492 e. The Labute approximate surface area is 246 Å². The van der Waals surface area contributed by atoms with Gasteiger partial charge in [-0.2, -0.15) is 23.0 Å². The Morgan fingerprint density at radius 1 is 1.10 bits per heavy atom. The first kappa shape index (κ1) is 31.1. The van der Waals surface area contributed by atoms with Crippen molar-refractivity contribution >= 4 is 34.3 Å². The number of aromatic nitrogens is 2. The van der Waals surface area contributed by atoms with Crippen LogP contribution >= 0.6 is 11.6 Å². The Morgan fingerprint density at radius 2 is 1.81 bits per heavy atom. The molecular weight excluding hydrogens is 573 g/mol. The summed E-state index contributed by atoms with van der Waals surface area (Å²) in [6, 6.07) is 18.6. The van der Waals surface area contributed by atoms with E-state index >= 15 is 0 Å². The summed E-state index contributed by atoms with van der Waals surface area (Å²) < 4.78 is 52.8. The number of nitrogens with zero attached hydrogens (tertiary/aromatic N) is 3. The number of hydrogen-bond acceptors (Lipinski definition) is 7. The predicted octanol–water partition coefficient (Wildman–Crippen LogP) is 6.69. The Balaban J connectivity index is 1.53. The fourth-order valence-electron chi connectivity index (χ4n) is 4.33. The molecule has 224 valence electrons. The number of fused-ring (bicyclic) bond motifs is 1. The van der Waals surface area contributed by atoms with E-state index in [0.717, 1.165) is 5.56 Å². The zero-order chi connectivity index (χ0) is 30.7. The molecule has 0 amide bonds. The standard InChI is InChI=1S/C30H32ClF3N4O4/c1-29(2,3)42-28(40)38-25-16-21(10-11-22(25)27(36-38)30(32,33)34)41-14-13-37(17-19-7-5-4-6-8-19)18-26(39)20-9-12-23(31)24(35)15-20/h4-12,15-16,26,39H,13-14,17-18,35H2,1-3H3/t26-/m0/s1. The Hall–Kier alpha value is -3.80. The lowest BCUT2D eigenvalue weighted by Crippen LogP contribution is -2.32. The molecule has 42 heavy (non-hydrogen) atoms. The van der Waals surface area contributed by atoms with Gasteiger partial charge in [-0.25, -0.2) is 4.79 Å². The predicted molar refractivity (Wildman–Crippen MR) is 154 cm³/mol. The van der Waals surface area contributed by atoms with Gasteiger partial charge >= 0.3 is 12.3 Å². The highest BCUT2D eigenvalue weighted by Gasteiger charge is 2.38. The van der Waals surface area contributed by atoms with E-state index in [1.165, 1.54) is 18.2 Å². The maximum Gasteiger partial charge on any atom is 0.435 e. The van der Waals surface area contributed by atoms with Crippen molar-refractivity contribution < 1.29 is 32.5 Å². The van der Waals surface area contributed by atoms with Crippen LogP contribution in [0.2, 0.25) is 5.02 Å². The van der Waals surface area contributed by atoms with Crippen LogP contribution in [0.25, 0.3) is 10.9 Å². The number of nitrogens with two attached hydrogens (primary N) is 1. The van der Waals surface area contributed by atoms with E-state index < -0.39 is 29.7 Å². The highest BCUT2D eigenvalue weighted by molar-refractivity contribution is 6.33. The van der Waals surface area contributed by atoms with Gasteiger partial charge < -0.3 is 20.3 Å². The van der Waals surface area contributed by atoms with Crippen molar-refractivity contribution in [3.05, 3.63) is 88.6 Å². The minimum absolute atomic E-state index is 0.0917. The van der Waals surface area contributed by atoms with Crippen molar-refractivity contribution in [2.75, 3.05) is 25.4 Å². The molecule has 0 spiro atoms. The molecule has 1 atom stereocenters. The number of ether oxygens (including phenoxy) is 2. The third kappa shape index (κ3) is 7.93. The second-order valence-corrected chi connectivity index (χ2v) is 11.2. The van der Waals surface area contributed by atoms with Gasteiger partial charge in [0.05, 0.1) is 22.3 Å². The van der Waals surface area contributed by atoms with Crippen LogP contribution in [0.4, 0.5) is 23.7 Å². The van der Waals surface area contributed by atoms with Gasteiger partial charge in [-0.05, 0) is 56.2 Å². The molecular formula is C30H32ClF3N4O4. The van der Waals surface area contributed by atoms with Gasteiger partial charge in [-0.1, -0.05) is 48.0 Å². The molecule has 0 aliphatic carbocycles. The number of alkyl halides is 3. The van der Waals surface area contributed by atoms with Crippen molar-refractivity contribution in [2.24, 2.45) is 0 Å². The number of rotatable bonds is 9. The zero-order valence-corrected chi connectivity index (χ0v) is 24.1. The van der Waals surface area contributed by atoms with Gasteiger partial charge in [0.2, 0.25) is 0 Å². The first-order valence-corrected chi connectivity index (χ1v) is 13.5. The quantitative estimate of drug-likeness (QED) is 0.205. The number of nitrogen functional groups attached to an aromatic ring is 1. The van der Waals surface area contributed by atoms with Gasteiger partial charge in [-0.15, -0.1) is 0 Å². The molecule has 8 nitrogen and oxygen atoms in total. The molecule has 12 heteroatoms. The van der Waals surface area contributed by atoms with Crippen LogP contribution in [0.15, 0.2) is 66.7 Å². The maximum absolute atomic E-state index is 13.7. The van der Waals surface area contributed by atoms with E-state index in [-0.39, 0.29) is 29.8 Å². The van der Waals surface area contributed by atoms with E-state index in [0.29, 0.717) is 34.0 Å². The normalized spacial score (nSPS) is 13.0. The van der Waals surface area contributed by atoms with Crippen LogP contribution in [0, 0.1) is 0 Å². The lowest BCUT2D eigenvalue weighted by Gasteiger charge is -2.25. The van der Waals surface area contributed by atoms with Crippen LogP contribution in [0.3, 0.4) is 0 Å². The summed E-state index contributed by atoms with van der Waals surface area (Å²) in [5.41, 5.74) is 5.67. The molecule has 4 aromatic rings. The number of halogens is 4. The number of aliphatic hydroxyl groups excluding tert-OH is 1. The molecule has 4 rings (SSSR count). The van der Waals surface area contributed by atoms with Crippen LogP contribution in [0.5, 0.6) is 5.75 Å². The molecule has 1 aromatic heterocycles. The smallest absolute Gasteiger partial charge is 0.435 e. The highest BCUT2D eigenvalue weighted by atomic mass is 35.5. The van der Waals surface area contributed by atoms with Crippen molar-refractivity contribution in [2.45, 2.75) is 45.2 Å². The molecule has 0 bridgehead atoms. The van der Waals surface area contributed by atoms with Crippen molar-refractivity contribution in [3.8, 4) is 5.75 Å². The molecule has 3 aromatic carbocycles. The molecule has 3 N–H and O–H groups in total. The summed E-state index contributed by atoms with van der Waals surface area (Å²) in [6.45, 7) is 6.08. The number of anilines is 1. The third-order valence-electron chi connectivity index (χ3n) is 6.25. The van der Waals surface area contributed by atoms with Gasteiger partial charge in [0.25, 0.3) is 0 Å². The van der Waals surface area contributed by atoms with Gasteiger partial charge in [-0.3, -0.25) is 4.90 Å². The molecule has 0 saturated heterocycles. The summed E-state index contributed by atoms with van der Waals surface area (Å²) in [4.78, 5) is 14.7. The molecule has 0 unspecified atom stereocenters. The average molecular weight is 605 g/mol. The van der Waals surface area contributed by atoms with Crippen molar-refractivity contribution in [1.82, 2.24) is 14.7 Å². The topological polar surface area (TPSA) is 103 Å². The summed E-state index contributed by atoms with van der Waals surface area (Å²) in [7, 11) is 0. The Kier molecular flexibility index (Phi) is 9.34. The second kappa shape index (κ2) is 12.6. The number of carbonyl (C=O) groups is 1. The van der Waals surface area contributed by atoms with Crippen LogP contribution in [0.1, 0.15) is 43.7 Å². The van der Waals surface area contributed by atoms with Crippen molar-refractivity contribution in [3.63, 3.8) is 0 Å². The lowest BCUT2D eigenvalue weighted by molar-refractivity contribution is -0.140.